The number of carbonyl (C=O) groups is 1. The van der Waals surface area contributed by atoms with Gasteiger partial charge in [0.1, 0.15) is 11.4 Å². The molecule has 1 aromatic rings. The smallest absolute Gasteiger partial charge is 0.260 e. The van der Waals surface area contributed by atoms with Gasteiger partial charge in [0.25, 0.3) is 5.91 Å². The van der Waals surface area contributed by atoms with E-state index in [1.807, 2.05) is 6.92 Å². The maximum atomic E-state index is 13.9. The third-order valence-corrected chi connectivity index (χ3v) is 3.85. The van der Waals surface area contributed by atoms with Gasteiger partial charge >= 0.3 is 0 Å². The molecule has 6 heteroatoms. The van der Waals surface area contributed by atoms with E-state index in [4.69, 9.17) is 0 Å². The summed E-state index contributed by atoms with van der Waals surface area (Å²) in [6.45, 7) is 3.60. The topological polar surface area (TPSA) is 32.3 Å². The predicted molar refractivity (Wildman–Crippen MR) is 72.4 cm³/mol. The van der Waals surface area contributed by atoms with Gasteiger partial charge in [-0.15, -0.1) is 0 Å². The molecule has 1 amide bonds. The number of nitrogens with one attached hydrogen (secondary N) is 1. The zero-order valence-electron chi connectivity index (χ0n) is 9.84. The largest absolute Gasteiger partial charge is 0.333 e. The van der Waals surface area contributed by atoms with Crippen molar-refractivity contribution in [2.45, 2.75) is 13.0 Å². The third kappa shape index (κ3) is 2.49. The van der Waals surface area contributed by atoms with E-state index in [0.29, 0.717) is 19.6 Å². The number of hydrogen-bond acceptors (Lipinski definition) is 2. The van der Waals surface area contributed by atoms with Crippen LogP contribution in [0.1, 0.15) is 17.3 Å². The first-order chi connectivity index (χ1) is 8.52. The van der Waals surface area contributed by atoms with Crippen molar-refractivity contribution >= 4 is 28.5 Å². The number of carbonyl (C=O) groups excluding carboxylic acids is 1. The highest BCUT2D eigenvalue weighted by molar-refractivity contribution is 14.1. The number of amides is 1. The molecule has 1 fully saturated rings. The first kappa shape index (κ1) is 13.7. The monoisotopic (exact) mass is 366 g/mol. The first-order valence-corrected chi connectivity index (χ1v) is 6.75. The second-order valence-corrected chi connectivity index (χ2v) is 5.43. The number of piperazine rings is 1. The van der Waals surface area contributed by atoms with Crippen LogP contribution in [0, 0.1) is 15.2 Å². The molecule has 1 saturated heterocycles. The van der Waals surface area contributed by atoms with E-state index >= 15 is 0 Å². The van der Waals surface area contributed by atoms with Crippen molar-refractivity contribution in [2.24, 2.45) is 0 Å². The van der Waals surface area contributed by atoms with Crippen molar-refractivity contribution in [2.75, 3.05) is 19.6 Å². The Balaban J connectivity index is 2.36. The van der Waals surface area contributed by atoms with Crippen molar-refractivity contribution < 1.29 is 13.6 Å². The minimum Gasteiger partial charge on any atom is -0.333 e. The van der Waals surface area contributed by atoms with E-state index in [0.717, 1.165) is 6.07 Å². The molecule has 0 spiro atoms. The molecule has 98 valence electrons. The summed E-state index contributed by atoms with van der Waals surface area (Å²) in [4.78, 5) is 13.7. The van der Waals surface area contributed by atoms with Crippen molar-refractivity contribution in [1.82, 2.24) is 10.2 Å². The molecule has 1 heterocycles. The minimum atomic E-state index is -0.802. The van der Waals surface area contributed by atoms with Crippen LogP contribution >= 0.6 is 22.6 Å². The molecule has 0 saturated carbocycles. The highest BCUT2D eigenvalue weighted by Crippen LogP contribution is 2.21. The van der Waals surface area contributed by atoms with Gasteiger partial charge in [-0.05, 0) is 41.6 Å². The summed E-state index contributed by atoms with van der Waals surface area (Å²) in [7, 11) is 0. The SMILES string of the molecule is CC1CNCCN1C(=O)c1c(F)ccc(I)c1F. The zero-order valence-corrected chi connectivity index (χ0v) is 12.0. The number of halogens is 3. The molecule has 1 aromatic carbocycles. The Morgan fingerprint density at radius 1 is 1.50 bits per heavy atom. The van der Waals surface area contributed by atoms with Crippen LogP contribution in [0.5, 0.6) is 0 Å². The van der Waals surface area contributed by atoms with Crippen LogP contribution in [0.25, 0.3) is 0 Å². The summed E-state index contributed by atoms with van der Waals surface area (Å²) in [5, 5.41) is 3.13. The number of benzene rings is 1. The lowest BCUT2D eigenvalue weighted by Crippen LogP contribution is -2.52. The van der Waals surface area contributed by atoms with Gasteiger partial charge in [-0.25, -0.2) is 8.78 Å². The summed E-state index contributed by atoms with van der Waals surface area (Å²) in [5.41, 5.74) is -0.448. The summed E-state index contributed by atoms with van der Waals surface area (Å²) in [6, 6.07) is 2.39. The highest BCUT2D eigenvalue weighted by Gasteiger charge is 2.29. The van der Waals surface area contributed by atoms with Gasteiger partial charge < -0.3 is 10.2 Å². The Morgan fingerprint density at radius 2 is 2.22 bits per heavy atom. The fourth-order valence-electron chi connectivity index (χ4n) is 2.01. The Morgan fingerprint density at radius 3 is 2.89 bits per heavy atom. The van der Waals surface area contributed by atoms with Crippen LogP contribution in [-0.4, -0.2) is 36.5 Å². The first-order valence-electron chi connectivity index (χ1n) is 5.67. The van der Waals surface area contributed by atoms with Crippen LogP contribution in [0.2, 0.25) is 0 Å². The van der Waals surface area contributed by atoms with Crippen molar-refractivity contribution in [3.8, 4) is 0 Å². The summed E-state index contributed by atoms with van der Waals surface area (Å²) in [6.07, 6.45) is 0. The second kappa shape index (κ2) is 5.48. The standard InChI is InChI=1S/C12H13F2IN2O/c1-7-6-16-4-5-17(7)12(18)10-8(13)2-3-9(15)11(10)14/h2-3,7,16H,4-6H2,1H3. The molecule has 1 unspecified atom stereocenters. The number of nitrogens with zero attached hydrogens (tertiary/aromatic N) is 1. The Kier molecular flexibility index (Phi) is 4.16. The molecule has 18 heavy (non-hydrogen) atoms. The average molecular weight is 366 g/mol. The molecule has 2 rings (SSSR count). The lowest BCUT2D eigenvalue weighted by atomic mass is 10.1. The second-order valence-electron chi connectivity index (χ2n) is 4.27. The van der Waals surface area contributed by atoms with E-state index in [1.165, 1.54) is 11.0 Å². The molecule has 0 radical (unpaired) electrons. The predicted octanol–water partition coefficient (Wildman–Crippen LogP) is 2.00. The van der Waals surface area contributed by atoms with Crippen LogP contribution in [0.3, 0.4) is 0 Å². The molecule has 1 aliphatic rings. The van der Waals surface area contributed by atoms with Crippen LogP contribution in [0.15, 0.2) is 12.1 Å². The normalized spacial score (nSPS) is 20.0. The highest BCUT2D eigenvalue weighted by atomic mass is 127. The molecule has 3 nitrogen and oxygen atoms in total. The van der Waals surface area contributed by atoms with Crippen molar-refractivity contribution in [3.63, 3.8) is 0 Å². The average Bonchev–Trinajstić information content (AvgIpc) is 2.35. The molecule has 1 N–H and O–H groups in total. The lowest BCUT2D eigenvalue weighted by Gasteiger charge is -2.34. The third-order valence-electron chi connectivity index (χ3n) is 3.02. The minimum absolute atomic E-state index is 0.0667. The van der Waals surface area contributed by atoms with Gasteiger partial charge in [-0.1, -0.05) is 0 Å². The fraction of sp³-hybridized carbons (Fsp3) is 0.417. The molecule has 0 aliphatic carbocycles. The fourth-order valence-corrected chi connectivity index (χ4v) is 2.46. The van der Waals surface area contributed by atoms with E-state index in [2.05, 4.69) is 5.32 Å². The molecule has 1 aliphatic heterocycles. The maximum Gasteiger partial charge on any atom is 0.260 e. The quantitative estimate of drug-likeness (QED) is 0.609. The zero-order chi connectivity index (χ0) is 13.3. The molecule has 0 aromatic heterocycles. The van der Waals surface area contributed by atoms with Gasteiger partial charge in [0.15, 0.2) is 5.82 Å². The summed E-state index contributed by atoms with van der Waals surface area (Å²) < 4.78 is 27.8. The Labute approximate surface area is 118 Å². The van der Waals surface area contributed by atoms with Gasteiger partial charge in [-0.3, -0.25) is 4.79 Å². The van der Waals surface area contributed by atoms with E-state index in [-0.39, 0.29) is 9.61 Å². The number of rotatable bonds is 1. The van der Waals surface area contributed by atoms with E-state index in [1.54, 1.807) is 22.6 Å². The molecule has 1 atom stereocenters. The lowest BCUT2D eigenvalue weighted by molar-refractivity contribution is 0.0645. The van der Waals surface area contributed by atoms with Crippen molar-refractivity contribution in [3.05, 3.63) is 32.9 Å². The summed E-state index contributed by atoms with van der Waals surface area (Å²) in [5.74, 6) is -2.15. The molecular weight excluding hydrogens is 353 g/mol. The van der Waals surface area contributed by atoms with Crippen LogP contribution < -0.4 is 5.32 Å². The maximum absolute atomic E-state index is 13.9. The molecule has 0 bridgehead atoms. The van der Waals surface area contributed by atoms with Gasteiger partial charge in [0, 0.05) is 29.2 Å². The van der Waals surface area contributed by atoms with Crippen LogP contribution in [0.4, 0.5) is 8.78 Å². The van der Waals surface area contributed by atoms with E-state index in [9.17, 15) is 13.6 Å². The van der Waals surface area contributed by atoms with Gasteiger partial charge in [0.05, 0.1) is 0 Å². The van der Waals surface area contributed by atoms with Crippen molar-refractivity contribution in [1.29, 1.82) is 0 Å². The van der Waals surface area contributed by atoms with Crippen LogP contribution in [-0.2, 0) is 0 Å². The Hall–Kier alpha value is -0.760. The van der Waals surface area contributed by atoms with Gasteiger partial charge in [-0.2, -0.15) is 0 Å². The Bertz CT molecular complexity index is 481. The summed E-state index contributed by atoms with van der Waals surface area (Å²) >= 11 is 1.75. The molecular formula is C12H13F2IN2O. The number of hydrogen-bond donors (Lipinski definition) is 1. The van der Waals surface area contributed by atoms with E-state index < -0.39 is 23.1 Å². The van der Waals surface area contributed by atoms with Gasteiger partial charge in [0.2, 0.25) is 0 Å².